The minimum atomic E-state index is -0.614. The third-order valence-electron chi connectivity index (χ3n) is 5.11. The smallest absolute Gasteiger partial charge is 0.261 e. The lowest BCUT2D eigenvalue weighted by Crippen LogP contribution is -2.50. The Morgan fingerprint density at radius 3 is 2.31 bits per heavy atom. The molecular weight excluding hydrogens is 447 g/mol. The quantitative estimate of drug-likeness (QED) is 0.420. The molecule has 0 aliphatic carbocycles. The normalized spacial score (nSPS) is 11.7. The van der Waals surface area contributed by atoms with E-state index in [-0.39, 0.29) is 25.0 Å². The van der Waals surface area contributed by atoms with Crippen LogP contribution in [0.3, 0.4) is 0 Å². The highest BCUT2D eigenvalue weighted by atomic mass is 35.5. The number of rotatable bonds is 11. The molecule has 0 unspecified atom stereocenters. The van der Waals surface area contributed by atoms with E-state index in [2.05, 4.69) is 12.2 Å². The monoisotopic (exact) mass is 478 g/mol. The van der Waals surface area contributed by atoms with Crippen molar-refractivity contribution in [1.82, 2.24) is 10.2 Å². The Balaban J connectivity index is 2.22. The number of nitrogens with one attached hydrogen (secondary N) is 1. The van der Waals surface area contributed by atoms with Crippen LogP contribution in [0.1, 0.15) is 49.8 Å². The molecule has 0 saturated heterocycles. The van der Waals surface area contributed by atoms with Gasteiger partial charge in [0.05, 0.1) is 10.0 Å². The van der Waals surface area contributed by atoms with E-state index in [0.717, 1.165) is 29.5 Å². The van der Waals surface area contributed by atoms with Gasteiger partial charge in [0.1, 0.15) is 11.8 Å². The number of hydrogen-bond donors (Lipinski definition) is 1. The van der Waals surface area contributed by atoms with Crippen molar-refractivity contribution in [3.8, 4) is 5.75 Å². The molecule has 7 heteroatoms. The number of ether oxygens (including phenoxy) is 1. The number of halogens is 2. The van der Waals surface area contributed by atoms with E-state index < -0.39 is 6.04 Å². The highest BCUT2D eigenvalue weighted by Gasteiger charge is 2.29. The first-order valence-corrected chi connectivity index (χ1v) is 11.7. The number of hydrogen-bond acceptors (Lipinski definition) is 3. The first-order chi connectivity index (χ1) is 15.2. The van der Waals surface area contributed by atoms with Crippen molar-refractivity contribution < 1.29 is 14.3 Å². The van der Waals surface area contributed by atoms with Crippen LogP contribution in [0.2, 0.25) is 10.0 Å². The highest BCUT2D eigenvalue weighted by Crippen LogP contribution is 2.24. The molecule has 0 bridgehead atoms. The van der Waals surface area contributed by atoms with Gasteiger partial charge < -0.3 is 15.0 Å². The van der Waals surface area contributed by atoms with Gasteiger partial charge in [0.2, 0.25) is 5.91 Å². The van der Waals surface area contributed by atoms with Gasteiger partial charge in [-0.25, -0.2) is 0 Å². The third-order valence-corrected chi connectivity index (χ3v) is 5.85. The zero-order chi connectivity index (χ0) is 23.7. The summed E-state index contributed by atoms with van der Waals surface area (Å²) < 4.78 is 5.79. The van der Waals surface area contributed by atoms with Gasteiger partial charge in [-0.05, 0) is 67.6 Å². The molecular formula is C25H32Cl2N2O3. The Labute approximate surface area is 201 Å². The topological polar surface area (TPSA) is 58.6 Å². The van der Waals surface area contributed by atoms with Crippen LogP contribution in [0, 0.1) is 13.8 Å². The number of benzene rings is 2. The van der Waals surface area contributed by atoms with Gasteiger partial charge in [-0.2, -0.15) is 0 Å². The maximum Gasteiger partial charge on any atom is 0.261 e. The molecule has 2 rings (SSSR count). The molecule has 2 amide bonds. The van der Waals surface area contributed by atoms with E-state index in [1.54, 1.807) is 23.1 Å². The summed E-state index contributed by atoms with van der Waals surface area (Å²) in [4.78, 5) is 27.7. The second-order valence-corrected chi connectivity index (χ2v) is 8.77. The SMILES string of the molecule is CCCCNC(=O)[C@@H](CC)N(Cc1ccc(Cl)c(Cl)c1)C(=O)COc1cc(C)cc(C)c1. The van der Waals surface area contributed by atoms with E-state index in [1.165, 1.54) is 0 Å². The lowest BCUT2D eigenvalue weighted by Gasteiger charge is -2.30. The van der Waals surface area contributed by atoms with Crippen LogP contribution >= 0.6 is 23.2 Å². The summed E-state index contributed by atoms with van der Waals surface area (Å²) in [5.74, 6) is 0.194. The summed E-state index contributed by atoms with van der Waals surface area (Å²) >= 11 is 12.2. The largest absolute Gasteiger partial charge is 0.484 e. The molecule has 0 fully saturated rings. The molecule has 0 saturated carbocycles. The van der Waals surface area contributed by atoms with E-state index in [0.29, 0.717) is 28.8 Å². The average Bonchev–Trinajstić information content (AvgIpc) is 2.74. The average molecular weight is 479 g/mol. The van der Waals surface area contributed by atoms with Gasteiger partial charge in [-0.15, -0.1) is 0 Å². The summed E-state index contributed by atoms with van der Waals surface area (Å²) in [6, 6.07) is 10.4. The molecule has 0 radical (unpaired) electrons. The minimum Gasteiger partial charge on any atom is -0.484 e. The van der Waals surface area contributed by atoms with Gasteiger partial charge in [0.25, 0.3) is 5.91 Å². The molecule has 0 aliphatic rings. The molecule has 5 nitrogen and oxygen atoms in total. The van der Waals surface area contributed by atoms with E-state index in [4.69, 9.17) is 27.9 Å². The van der Waals surface area contributed by atoms with Crippen LogP contribution in [-0.2, 0) is 16.1 Å². The van der Waals surface area contributed by atoms with Gasteiger partial charge in [-0.1, -0.05) is 55.6 Å². The van der Waals surface area contributed by atoms with Gasteiger partial charge in [0.15, 0.2) is 6.61 Å². The molecule has 174 valence electrons. The van der Waals surface area contributed by atoms with Crippen LogP contribution < -0.4 is 10.1 Å². The van der Waals surface area contributed by atoms with Crippen LogP contribution in [0.15, 0.2) is 36.4 Å². The zero-order valence-electron chi connectivity index (χ0n) is 19.2. The van der Waals surface area contributed by atoms with Crippen molar-refractivity contribution in [2.75, 3.05) is 13.2 Å². The second-order valence-electron chi connectivity index (χ2n) is 7.95. The van der Waals surface area contributed by atoms with Crippen molar-refractivity contribution in [2.24, 2.45) is 0 Å². The van der Waals surface area contributed by atoms with Crippen molar-refractivity contribution in [3.63, 3.8) is 0 Å². The van der Waals surface area contributed by atoms with Crippen molar-refractivity contribution in [2.45, 2.75) is 59.5 Å². The third kappa shape index (κ3) is 7.72. The van der Waals surface area contributed by atoms with Gasteiger partial charge in [-0.3, -0.25) is 9.59 Å². The number of carbonyl (C=O) groups is 2. The summed E-state index contributed by atoms with van der Waals surface area (Å²) in [6.45, 7) is 8.56. The predicted octanol–water partition coefficient (Wildman–Crippen LogP) is 5.71. The molecule has 0 heterocycles. The van der Waals surface area contributed by atoms with E-state index in [1.807, 2.05) is 39.0 Å². The predicted molar refractivity (Wildman–Crippen MR) is 130 cm³/mol. The molecule has 32 heavy (non-hydrogen) atoms. The number of amides is 2. The van der Waals surface area contributed by atoms with Gasteiger partial charge in [0, 0.05) is 13.1 Å². The minimum absolute atomic E-state index is 0.164. The molecule has 2 aromatic rings. The molecule has 0 aromatic heterocycles. The summed E-state index contributed by atoms with van der Waals surface area (Å²) in [5, 5.41) is 3.79. The fourth-order valence-corrected chi connectivity index (χ4v) is 3.83. The van der Waals surface area contributed by atoms with Gasteiger partial charge >= 0.3 is 0 Å². The Kier molecular flexibility index (Phi) is 10.3. The number of unbranched alkanes of at least 4 members (excludes halogenated alkanes) is 1. The van der Waals surface area contributed by atoms with Crippen molar-refractivity contribution in [1.29, 1.82) is 0 Å². The first kappa shape index (κ1) is 26.0. The molecule has 2 aromatic carbocycles. The van der Waals surface area contributed by atoms with E-state index in [9.17, 15) is 9.59 Å². The second kappa shape index (κ2) is 12.7. The Hall–Kier alpha value is -2.24. The van der Waals surface area contributed by atoms with Crippen molar-refractivity contribution >= 4 is 35.0 Å². The maximum atomic E-state index is 13.2. The van der Waals surface area contributed by atoms with E-state index >= 15 is 0 Å². The van der Waals surface area contributed by atoms with Crippen LogP contribution in [-0.4, -0.2) is 35.9 Å². The summed E-state index contributed by atoms with van der Waals surface area (Å²) in [7, 11) is 0. The highest BCUT2D eigenvalue weighted by molar-refractivity contribution is 6.42. The molecule has 0 spiro atoms. The first-order valence-electron chi connectivity index (χ1n) is 11.0. The molecule has 1 N–H and O–H groups in total. The Bertz CT molecular complexity index is 913. The van der Waals surface area contributed by atoms with Crippen LogP contribution in [0.5, 0.6) is 5.75 Å². The maximum absolute atomic E-state index is 13.2. The Morgan fingerprint density at radius 1 is 1.03 bits per heavy atom. The lowest BCUT2D eigenvalue weighted by molar-refractivity contribution is -0.143. The number of carbonyl (C=O) groups excluding carboxylic acids is 2. The van der Waals surface area contributed by atoms with Crippen LogP contribution in [0.4, 0.5) is 0 Å². The standard InChI is InChI=1S/C25H32Cl2N2O3/c1-5-7-10-28-25(31)23(6-2)29(15-19-8-9-21(26)22(27)14-19)24(30)16-32-20-12-17(3)11-18(4)13-20/h8-9,11-14,23H,5-7,10,15-16H2,1-4H3,(H,28,31)/t23-/m1/s1. The zero-order valence-corrected chi connectivity index (χ0v) is 20.7. The molecule has 1 atom stereocenters. The molecule has 0 aliphatic heterocycles. The fraction of sp³-hybridized carbons (Fsp3) is 0.440. The number of nitrogens with zero attached hydrogens (tertiary/aromatic N) is 1. The van der Waals surface area contributed by atoms with Crippen LogP contribution in [0.25, 0.3) is 0 Å². The fourth-order valence-electron chi connectivity index (χ4n) is 3.50. The summed E-state index contributed by atoms with van der Waals surface area (Å²) in [6.07, 6.45) is 2.35. The number of aryl methyl sites for hydroxylation is 2. The Morgan fingerprint density at radius 2 is 1.72 bits per heavy atom. The van der Waals surface area contributed by atoms with Crippen molar-refractivity contribution in [3.05, 3.63) is 63.1 Å². The summed E-state index contributed by atoms with van der Waals surface area (Å²) in [5.41, 5.74) is 2.91. The lowest BCUT2D eigenvalue weighted by atomic mass is 10.1.